The molecule has 21 heavy (non-hydrogen) atoms. The van der Waals surface area contributed by atoms with Crippen LogP contribution in [0.3, 0.4) is 0 Å². The highest BCUT2D eigenvalue weighted by Crippen LogP contribution is 2.25. The van der Waals surface area contributed by atoms with Crippen LogP contribution < -0.4 is 0 Å². The first-order valence-corrected chi connectivity index (χ1v) is 6.22. The van der Waals surface area contributed by atoms with E-state index in [1.807, 2.05) is 0 Å². The molecular weight excluding hydrogens is 276 g/mol. The van der Waals surface area contributed by atoms with E-state index in [0.29, 0.717) is 11.1 Å². The van der Waals surface area contributed by atoms with Crippen LogP contribution in [0.25, 0.3) is 6.08 Å². The second kappa shape index (κ2) is 5.05. The predicted octanol–water partition coefficient (Wildman–Crippen LogP) is 1.91. The van der Waals surface area contributed by atoms with Crippen LogP contribution in [0.1, 0.15) is 35.3 Å². The Labute approximate surface area is 121 Å². The quantitative estimate of drug-likeness (QED) is 0.508. The largest absolute Gasteiger partial charge is 0.478 e. The van der Waals surface area contributed by atoms with E-state index in [9.17, 15) is 14.4 Å². The molecule has 0 spiro atoms. The van der Waals surface area contributed by atoms with E-state index in [2.05, 4.69) is 0 Å². The minimum atomic E-state index is -1.28. The molecule has 1 aromatic carbocycles. The highest BCUT2D eigenvalue weighted by Gasteiger charge is 2.38. The second-order valence-electron chi connectivity index (χ2n) is 5.11. The van der Waals surface area contributed by atoms with Gasteiger partial charge in [-0.1, -0.05) is 6.07 Å². The zero-order chi connectivity index (χ0) is 15.8. The monoisotopic (exact) mass is 290 g/mol. The Morgan fingerprint density at radius 1 is 1.19 bits per heavy atom. The first kappa shape index (κ1) is 14.8. The number of aromatic carboxylic acids is 1. The Hall–Kier alpha value is -2.63. The molecule has 1 saturated heterocycles. The van der Waals surface area contributed by atoms with Crippen molar-refractivity contribution in [1.82, 2.24) is 0 Å². The highest BCUT2D eigenvalue weighted by molar-refractivity contribution is 6.19. The smallest absolute Gasteiger partial charge is 0.348 e. The highest BCUT2D eigenvalue weighted by atomic mass is 16.7. The summed E-state index contributed by atoms with van der Waals surface area (Å²) in [5.74, 6) is -3.86. The molecule has 0 unspecified atom stereocenters. The van der Waals surface area contributed by atoms with Gasteiger partial charge in [0.05, 0.1) is 5.56 Å². The Morgan fingerprint density at radius 2 is 1.76 bits per heavy atom. The molecule has 1 N–H and O–H groups in total. The Bertz CT molecular complexity index is 647. The van der Waals surface area contributed by atoms with Crippen LogP contribution in [0, 0.1) is 6.92 Å². The van der Waals surface area contributed by atoms with Crippen molar-refractivity contribution in [3.63, 3.8) is 0 Å². The summed E-state index contributed by atoms with van der Waals surface area (Å²) in [7, 11) is 0. The second-order valence-corrected chi connectivity index (χ2v) is 5.11. The summed E-state index contributed by atoms with van der Waals surface area (Å²) in [4.78, 5) is 34.5. The topological polar surface area (TPSA) is 89.9 Å². The van der Waals surface area contributed by atoms with Crippen LogP contribution in [-0.4, -0.2) is 28.8 Å². The lowest BCUT2D eigenvalue weighted by atomic mass is 10.0. The molecule has 0 radical (unpaired) electrons. The number of rotatable bonds is 2. The zero-order valence-corrected chi connectivity index (χ0v) is 11.8. The fraction of sp³-hybridized carbons (Fsp3) is 0.267. The molecule has 2 rings (SSSR count). The molecule has 1 heterocycles. The molecular formula is C15H14O6. The molecule has 0 atom stereocenters. The summed E-state index contributed by atoms with van der Waals surface area (Å²) in [6, 6.07) is 4.37. The Kier molecular flexibility index (Phi) is 3.55. The molecule has 0 aromatic heterocycles. The van der Waals surface area contributed by atoms with Gasteiger partial charge in [0, 0.05) is 13.8 Å². The molecule has 1 fully saturated rings. The average Bonchev–Trinajstić information content (AvgIpc) is 2.33. The van der Waals surface area contributed by atoms with Crippen molar-refractivity contribution in [1.29, 1.82) is 0 Å². The van der Waals surface area contributed by atoms with Crippen molar-refractivity contribution in [2.75, 3.05) is 0 Å². The number of aryl methyl sites for hydroxylation is 1. The number of hydrogen-bond acceptors (Lipinski definition) is 5. The van der Waals surface area contributed by atoms with Crippen LogP contribution in [0.5, 0.6) is 0 Å². The summed E-state index contributed by atoms with van der Waals surface area (Å²) in [6.07, 6.45) is 1.33. The molecule has 1 aliphatic rings. The van der Waals surface area contributed by atoms with Gasteiger partial charge in [-0.2, -0.15) is 0 Å². The number of hydrogen-bond donors (Lipinski definition) is 1. The SMILES string of the molecule is Cc1cc(C(=O)O)ccc1C=C1C(=O)OC(C)(C)OC1=O. The molecule has 6 heteroatoms. The standard InChI is InChI=1S/C15H14O6/c1-8-6-10(12(16)17)5-4-9(8)7-11-13(18)20-15(2,3)21-14(11)19/h4-7H,1-3H3,(H,16,17). The maximum atomic E-state index is 11.8. The third kappa shape index (κ3) is 3.10. The molecule has 0 amide bonds. The molecule has 1 aromatic rings. The van der Waals surface area contributed by atoms with Crippen LogP contribution in [0.2, 0.25) is 0 Å². The first-order valence-electron chi connectivity index (χ1n) is 6.22. The van der Waals surface area contributed by atoms with Crippen molar-refractivity contribution in [2.45, 2.75) is 26.6 Å². The molecule has 1 aliphatic heterocycles. The lowest BCUT2D eigenvalue weighted by Crippen LogP contribution is -2.41. The van der Waals surface area contributed by atoms with Gasteiger partial charge in [-0.05, 0) is 36.3 Å². The van der Waals surface area contributed by atoms with Crippen molar-refractivity contribution in [2.24, 2.45) is 0 Å². The summed E-state index contributed by atoms with van der Waals surface area (Å²) < 4.78 is 9.97. The van der Waals surface area contributed by atoms with E-state index in [4.69, 9.17) is 14.6 Å². The minimum absolute atomic E-state index is 0.129. The number of carbonyl (C=O) groups excluding carboxylic acids is 2. The third-order valence-corrected chi connectivity index (χ3v) is 2.93. The number of benzene rings is 1. The van der Waals surface area contributed by atoms with Gasteiger partial charge in [-0.25, -0.2) is 14.4 Å². The summed E-state index contributed by atoms with van der Waals surface area (Å²) >= 11 is 0. The van der Waals surface area contributed by atoms with E-state index < -0.39 is 23.7 Å². The Balaban J connectivity index is 2.38. The first-order chi connectivity index (χ1) is 9.69. The normalized spacial score (nSPS) is 17.0. The number of carboxylic acids is 1. The fourth-order valence-corrected chi connectivity index (χ4v) is 1.90. The van der Waals surface area contributed by atoms with Gasteiger partial charge in [0.1, 0.15) is 5.57 Å². The number of ether oxygens (including phenoxy) is 2. The van der Waals surface area contributed by atoms with Crippen molar-refractivity contribution >= 4 is 24.0 Å². The minimum Gasteiger partial charge on any atom is -0.478 e. The summed E-state index contributed by atoms with van der Waals surface area (Å²) in [5.41, 5.74) is 1.07. The van der Waals surface area contributed by atoms with Gasteiger partial charge < -0.3 is 14.6 Å². The lowest BCUT2D eigenvalue weighted by Gasteiger charge is -2.29. The molecule has 0 saturated carbocycles. The predicted molar refractivity (Wildman–Crippen MR) is 72.4 cm³/mol. The van der Waals surface area contributed by atoms with Gasteiger partial charge in [0.25, 0.3) is 5.79 Å². The zero-order valence-electron chi connectivity index (χ0n) is 11.8. The maximum Gasteiger partial charge on any atom is 0.348 e. The van der Waals surface area contributed by atoms with Crippen molar-refractivity contribution in [3.8, 4) is 0 Å². The third-order valence-electron chi connectivity index (χ3n) is 2.93. The van der Waals surface area contributed by atoms with Gasteiger partial charge >= 0.3 is 17.9 Å². The molecule has 6 nitrogen and oxygen atoms in total. The van der Waals surface area contributed by atoms with E-state index >= 15 is 0 Å². The van der Waals surface area contributed by atoms with E-state index in [-0.39, 0.29) is 11.1 Å². The van der Waals surface area contributed by atoms with Crippen LogP contribution in [-0.2, 0) is 19.1 Å². The molecule has 110 valence electrons. The molecule has 0 aliphatic carbocycles. The van der Waals surface area contributed by atoms with Crippen LogP contribution >= 0.6 is 0 Å². The van der Waals surface area contributed by atoms with Crippen molar-refractivity contribution in [3.05, 3.63) is 40.5 Å². The van der Waals surface area contributed by atoms with Crippen LogP contribution in [0.4, 0.5) is 0 Å². The van der Waals surface area contributed by atoms with Crippen molar-refractivity contribution < 1.29 is 29.0 Å². The number of carbonyl (C=O) groups is 3. The van der Waals surface area contributed by atoms with E-state index in [1.54, 1.807) is 6.92 Å². The number of esters is 2. The van der Waals surface area contributed by atoms with Gasteiger partial charge in [0.15, 0.2) is 0 Å². The number of cyclic esters (lactones) is 2. The van der Waals surface area contributed by atoms with Gasteiger partial charge in [0.2, 0.25) is 0 Å². The maximum absolute atomic E-state index is 11.8. The summed E-state index contributed by atoms with van der Waals surface area (Å²) in [5, 5.41) is 8.90. The average molecular weight is 290 g/mol. The van der Waals surface area contributed by atoms with Crippen LogP contribution in [0.15, 0.2) is 23.8 Å². The van der Waals surface area contributed by atoms with E-state index in [0.717, 1.165) is 0 Å². The fourth-order valence-electron chi connectivity index (χ4n) is 1.90. The summed E-state index contributed by atoms with van der Waals surface area (Å²) in [6.45, 7) is 4.61. The number of carboxylic acid groups (broad SMARTS) is 1. The van der Waals surface area contributed by atoms with E-state index in [1.165, 1.54) is 38.1 Å². The molecule has 0 bridgehead atoms. The Morgan fingerprint density at radius 3 is 2.24 bits per heavy atom. The lowest BCUT2D eigenvalue weighted by molar-refractivity contribution is -0.222. The van der Waals surface area contributed by atoms with Gasteiger partial charge in [-0.15, -0.1) is 0 Å². The van der Waals surface area contributed by atoms with Gasteiger partial charge in [-0.3, -0.25) is 0 Å².